The third-order valence-corrected chi connectivity index (χ3v) is 3.60. The smallest absolute Gasteiger partial charge is 0.0876 e. The lowest BCUT2D eigenvalue weighted by atomic mass is 10.1. The summed E-state index contributed by atoms with van der Waals surface area (Å²) < 4.78 is 3.83. The van der Waals surface area contributed by atoms with Crippen LogP contribution in [0.2, 0.25) is 0 Å². The molecule has 5 heteroatoms. The van der Waals surface area contributed by atoms with Crippen molar-refractivity contribution in [3.63, 3.8) is 0 Å². The maximum Gasteiger partial charge on any atom is 0.0876 e. The molecule has 0 radical (unpaired) electrons. The van der Waals surface area contributed by atoms with Crippen molar-refractivity contribution in [1.29, 1.82) is 0 Å². The van der Waals surface area contributed by atoms with E-state index in [1.807, 2.05) is 27.8 Å². The number of rotatable bonds is 7. The molecule has 20 heavy (non-hydrogen) atoms. The maximum atomic E-state index is 10.3. The van der Waals surface area contributed by atoms with Crippen LogP contribution in [0.5, 0.6) is 0 Å². The lowest BCUT2D eigenvalue weighted by Gasteiger charge is -2.09. The molecule has 0 aliphatic rings. The first-order valence-corrected chi connectivity index (χ1v) is 7.38. The van der Waals surface area contributed by atoms with E-state index in [9.17, 15) is 5.11 Å². The van der Waals surface area contributed by atoms with E-state index in [1.54, 1.807) is 6.20 Å². The highest BCUT2D eigenvalue weighted by molar-refractivity contribution is 5.12. The van der Waals surface area contributed by atoms with Crippen molar-refractivity contribution in [2.24, 2.45) is 0 Å². The quantitative estimate of drug-likeness (QED) is 0.846. The van der Waals surface area contributed by atoms with Crippen LogP contribution >= 0.6 is 0 Å². The molecule has 2 aromatic rings. The van der Waals surface area contributed by atoms with Crippen molar-refractivity contribution >= 4 is 0 Å². The number of hydrogen-bond acceptors (Lipinski definition) is 3. The van der Waals surface area contributed by atoms with Crippen LogP contribution in [0.25, 0.3) is 0 Å². The molecule has 0 saturated heterocycles. The molecule has 110 valence electrons. The van der Waals surface area contributed by atoms with Gasteiger partial charge in [-0.05, 0) is 25.8 Å². The lowest BCUT2D eigenvalue weighted by Crippen LogP contribution is -2.06. The Kier molecular flexibility index (Phi) is 4.95. The van der Waals surface area contributed by atoms with E-state index in [2.05, 4.69) is 31.0 Å². The Labute approximate surface area is 120 Å². The average molecular weight is 276 g/mol. The van der Waals surface area contributed by atoms with Crippen LogP contribution in [0.3, 0.4) is 0 Å². The molecule has 0 amide bonds. The Morgan fingerprint density at radius 3 is 2.85 bits per heavy atom. The van der Waals surface area contributed by atoms with Crippen LogP contribution < -0.4 is 0 Å². The maximum absolute atomic E-state index is 10.3. The third kappa shape index (κ3) is 3.48. The van der Waals surface area contributed by atoms with Gasteiger partial charge in [0.25, 0.3) is 0 Å². The summed E-state index contributed by atoms with van der Waals surface area (Å²) in [7, 11) is 0. The molecule has 0 aromatic carbocycles. The third-order valence-electron chi connectivity index (χ3n) is 3.60. The summed E-state index contributed by atoms with van der Waals surface area (Å²) >= 11 is 0. The fraction of sp³-hybridized carbons (Fsp3) is 0.600. The standard InChI is InChI=1S/C15H24N4O/c1-4-7-18-11-13(10-16-18)15(20)9-14-6-8-19(17-14)12(3)5-2/h6,8,10-12,15,20H,4-5,7,9H2,1-3H3. The molecule has 1 N–H and O–H groups in total. The Morgan fingerprint density at radius 1 is 1.35 bits per heavy atom. The van der Waals surface area contributed by atoms with Crippen LogP contribution in [0.4, 0.5) is 0 Å². The average Bonchev–Trinajstić information content (AvgIpc) is 3.07. The summed E-state index contributed by atoms with van der Waals surface area (Å²) in [6.07, 6.45) is 7.72. The van der Waals surface area contributed by atoms with Gasteiger partial charge in [-0.25, -0.2) is 0 Å². The second kappa shape index (κ2) is 6.70. The van der Waals surface area contributed by atoms with Crippen molar-refractivity contribution in [2.75, 3.05) is 0 Å². The zero-order valence-electron chi connectivity index (χ0n) is 12.5. The summed E-state index contributed by atoms with van der Waals surface area (Å²) in [6.45, 7) is 7.28. The van der Waals surface area contributed by atoms with Gasteiger partial charge in [0, 0.05) is 37.0 Å². The molecule has 0 aliphatic carbocycles. The van der Waals surface area contributed by atoms with Gasteiger partial charge in [0.1, 0.15) is 0 Å². The van der Waals surface area contributed by atoms with Crippen LogP contribution in [0.15, 0.2) is 24.7 Å². The molecular formula is C15H24N4O. The molecule has 2 heterocycles. The highest BCUT2D eigenvalue weighted by atomic mass is 16.3. The molecule has 0 bridgehead atoms. The van der Waals surface area contributed by atoms with Crippen molar-refractivity contribution < 1.29 is 5.11 Å². The second-order valence-corrected chi connectivity index (χ2v) is 5.30. The van der Waals surface area contributed by atoms with Gasteiger partial charge in [-0.15, -0.1) is 0 Å². The van der Waals surface area contributed by atoms with Crippen molar-refractivity contribution in [2.45, 2.75) is 58.7 Å². The molecule has 2 atom stereocenters. The Hall–Kier alpha value is -1.62. The van der Waals surface area contributed by atoms with Gasteiger partial charge in [-0.2, -0.15) is 10.2 Å². The largest absolute Gasteiger partial charge is 0.388 e. The molecule has 2 unspecified atom stereocenters. The predicted octanol–water partition coefficient (Wildman–Crippen LogP) is 2.74. The fourth-order valence-corrected chi connectivity index (χ4v) is 2.14. The molecule has 0 spiro atoms. The predicted molar refractivity (Wildman–Crippen MR) is 78.4 cm³/mol. The number of nitrogens with zero attached hydrogens (tertiary/aromatic N) is 4. The molecule has 2 aromatic heterocycles. The van der Waals surface area contributed by atoms with E-state index in [0.717, 1.165) is 30.6 Å². The van der Waals surface area contributed by atoms with Crippen LogP contribution in [-0.4, -0.2) is 24.7 Å². The van der Waals surface area contributed by atoms with Crippen LogP contribution in [0.1, 0.15) is 57.0 Å². The normalized spacial score (nSPS) is 14.4. The van der Waals surface area contributed by atoms with Gasteiger partial charge in [0.15, 0.2) is 0 Å². The first-order chi connectivity index (χ1) is 9.63. The van der Waals surface area contributed by atoms with E-state index < -0.39 is 6.10 Å². The highest BCUT2D eigenvalue weighted by Gasteiger charge is 2.13. The molecule has 0 saturated carbocycles. The van der Waals surface area contributed by atoms with E-state index in [-0.39, 0.29) is 0 Å². The molecule has 5 nitrogen and oxygen atoms in total. The Bertz CT molecular complexity index is 531. The summed E-state index contributed by atoms with van der Waals surface area (Å²) in [5.41, 5.74) is 1.78. The number of aliphatic hydroxyl groups is 1. The zero-order chi connectivity index (χ0) is 14.5. The summed E-state index contributed by atoms with van der Waals surface area (Å²) in [5, 5.41) is 19.0. The van der Waals surface area contributed by atoms with Crippen molar-refractivity contribution in [3.8, 4) is 0 Å². The van der Waals surface area contributed by atoms with Gasteiger partial charge in [0.05, 0.1) is 18.0 Å². The van der Waals surface area contributed by atoms with Gasteiger partial charge in [-0.1, -0.05) is 13.8 Å². The first-order valence-electron chi connectivity index (χ1n) is 7.38. The van der Waals surface area contributed by atoms with Crippen LogP contribution in [0, 0.1) is 0 Å². The second-order valence-electron chi connectivity index (χ2n) is 5.30. The molecule has 0 aliphatic heterocycles. The number of aromatic nitrogens is 4. The number of aryl methyl sites for hydroxylation is 1. The summed E-state index contributed by atoms with van der Waals surface area (Å²) in [5.74, 6) is 0. The van der Waals surface area contributed by atoms with Gasteiger partial charge in [0.2, 0.25) is 0 Å². The number of hydrogen-bond donors (Lipinski definition) is 1. The van der Waals surface area contributed by atoms with E-state index >= 15 is 0 Å². The number of aliphatic hydroxyl groups excluding tert-OH is 1. The lowest BCUT2D eigenvalue weighted by molar-refractivity contribution is 0.176. The minimum Gasteiger partial charge on any atom is -0.388 e. The highest BCUT2D eigenvalue weighted by Crippen LogP contribution is 2.18. The van der Waals surface area contributed by atoms with E-state index in [4.69, 9.17) is 0 Å². The fourth-order valence-electron chi connectivity index (χ4n) is 2.14. The molecular weight excluding hydrogens is 252 g/mol. The first kappa shape index (κ1) is 14.8. The molecule has 2 rings (SSSR count). The summed E-state index contributed by atoms with van der Waals surface area (Å²) in [4.78, 5) is 0. The van der Waals surface area contributed by atoms with E-state index in [0.29, 0.717) is 12.5 Å². The topological polar surface area (TPSA) is 55.9 Å². The van der Waals surface area contributed by atoms with Gasteiger partial charge in [-0.3, -0.25) is 9.36 Å². The molecule has 0 fully saturated rings. The minimum atomic E-state index is -0.541. The summed E-state index contributed by atoms with van der Waals surface area (Å²) in [6, 6.07) is 2.37. The van der Waals surface area contributed by atoms with Gasteiger partial charge >= 0.3 is 0 Å². The minimum absolute atomic E-state index is 0.396. The van der Waals surface area contributed by atoms with Crippen molar-refractivity contribution in [1.82, 2.24) is 19.6 Å². The van der Waals surface area contributed by atoms with Crippen LogP contribution in [-0.2, 0) is 13.0 Å². The Morgan fingerprint density at radius 2 is 2.15 bits per heavy atom. The Balaban J connectivity index is 1.99. The van der Waals surface area contributed by atoms with Gasteiger partial charge < -0.3 is 5.11 Å². The monoisotopic (exact) mass is 276 g/mol. The SMILES string of the molecule is CCCn1cc(C(O)Cc2ccn(C(C)CC)n2)cn1. The zero-order valence-corrected chi connectivity index (χ0v) is 12.5. The van der Waals surface area contributed by atoms with E-state index in [1.165, 1.54) is 0 Å². The van der Waals surface area contributed by atoms with Crippen molar-refractivity contribution in [3.05, 3.63) is 35.9 Å².